The van der Waals surface area contributed by atoms with Gasteiger partial charge in [-0.1, -0.05) is 18.0 Å². The predicted molar refractivity (Wildman–Crippen MR) is 159 cm³/mol. The molecule has 11 nitrogen and oxygen atoms in total. The number of nitrogens with two attached hydrogens (primary N) is 1. The number of halogens is 4. The monoisotopic (exact) mass is 646 g/mol. The summed E-state index contributed by atoms with van der Waals surface area (Å²) in [6.45, 7) is 2.00. The van der Waals surface area contributed by atoms with Crippen molar-refractivity contribution in [1.82, 2.24) is 29.1 Å². The van der Waals surface area contributed by atoms with Crippen molar-refractivity contribution in [2.75, 3.05) is 31.5 Å². The van der Waals surface area contributed by atoms with Crippen molar-refractivity contribution < 1.29 is 27.6 Å². The second-order valence-electron chi connectivity index (χ2n) is 12.1. The number of piperazine rings is 1. The molecule has 3 heterocycles. The zero-order chi connectivity index (χ0) is 32.0. The van der Waals surface area contributed by atoms with Gasteiger partial charge in [-0.05, 0) is 49.8 Å². The number of benzene rings is 1. The SMILES string of the molecule is Cn1c(-c2cn(CC3CCC3)nc2C(F)(F)F)cnc1C(=O)Nc1ccc(C(=O)N2CCN(C(=O)[C@H]3C[C@@H](N)C3)CC2)c(Cl)c1. The first-order valence-corrected chi connectivity index (χ1v) is 15.4. The van der Waals surface area contributed by atoms with Crippen molar-refractivity contribution >= 4 is 35.0 Å². The summed E-state index contributed by atoms with van der Waals surface area (Å²) in [7, 11) is 1.46. The van der Waals surface area contributed by atoms with Gasteiger partial charge in [0.05, 0.1) is 28.0 Å². The van der Waals surface area contributed by atoms with Crippen LogP contribution in [-0.2, 0) is 24.6 Å². The lowest BCUT2D eigenvalue weighted by Crippen LogP contribution is -2.54. The van der Waals surface area contributed by atoms with Crippen LogP contribution in [-0.4, -0.2) is 79.1 Å². The zero-order valence-electron chi connectivity index (χ0n) is 24.7. The van der Waals surface area contributed by atoms with Gasteiger partial charge in [0.15, 0.2) is 11.5 Å². The number of aromatic nitrogens is 4. The number of carbonyl (C=O) groups is 3. The Morgan fingerprint density at radius 1 is 1.09 bits per heavy atom. The summed E-state index contributed by atoms with van der Waals surface area (Å²) in [6, 6.07) is 4.54. The number of hydrogen-bond donors (Lipinski definition) is 2. The standard InChI is InChI=1S/C30H34ClF3N8O3/c1-39-24(22-16-42(15-17-3-2-4-17)38-25(22)30(32,33)34)14-36-26(39)27(43)37-20-5-6-21(23(31)13-20)29(45)41-9-7-40(8-10-41)28(44)18-11-19(35)12-18/h5-6,13-14,16-19H,2-4,7-12,15,35H2,1H3,(H,37,43)/t18-,19+. The van der Waals surface area contributed by atoms with Gasteiger partial charge >= 0.3 is 6.18 Å². The first-order valence-electron chi connectivity index (χ1n) is 15.0. The number of anilines is 1. The highest BCUT2D eigenvalue weighted by Gasteiger charge is 2.39. The molecule has 45 heavy (non-hydrogen) atoms. The molecule has 2 saturated carbocycles. The van der Waals surface area contributed by atoms with E-state index in [1.807, 2.05) is 0 Å². The van der Waals surface area contributed by atoms with E-state index in [4.69, 9.17) is 17.3 Å². The highest BCUT2D eigenvalue weighted by molar-refractivity contribution is 6.34. The molecule has 0 spiro atoms. The number of nitrogens with one attached hydrogen (secondary N) is 1. The summed E-state index contributed by atoms with van der Waals surface area (Å²) in [5.41, 5.74) is 5.26. The first kappa shape index (κ1) is 31.1. The molecule has 1 aromatic carbocycles. The molecule has 1 aliphatic heterocycles. The van der Waals surface area contributed by atoms with Gasteiger partial charge in [-0.3, -0.25) is 19.1 Å². The number of alkyl halides is 3. The van der Waals surface area contributed by atoms with Crippen molar-refractivity contribution in [3.05, 3.63) is 52.7 Å². The molecule has 2 aliphatic carbocycles. The number of hydrogen-bond acceptors (Lipinski definition) is 6. The predicted octanol–water partition coefficient (Wildman–Crippen LogP) is 4.03. The van der Waals surface area contributed by atoms with Crippen molar-refractivity contribution in [3.8, 4) is 11.3 Å². The Kier molecular flexibility index (Phi) is 8.37. The molecule has 3 amide bonds. The Labute approximate surface area is 262 Å². The van der Waals surface area contributed by atoms with Crippen LogP contribution in [0, 0.1) is 11.8 Å². The summed E-state index contributed by atoms with van der Waals surface area (Å²) >= 11 is 6.45. The number of nitrogens with zero attached hydrogens (tertiary/aromatic N) is 6. The highest BCUT2D eigenvalue weighted by atomic mass is 35.5. The second-order valence-corrected chi connectivity index (χ2v) is 12.5. The van der Waals surface area contributed by atoms with E-state index in [1.54, 1.807) is 9.80 Å². The molecule has 3 aromatic rings. The van der Waals surface area contributed by atoms with Crippen LogP contribution in [0.3, 0.4) is 0 Å². The average molecular weight is 647 g/mol. The van der Waals surface area contributed by atoms with Crippen molar-refractivity contribution in [3.63, 3.8) is 0 Å². The van der Waals surface area contributed by atoms with Crippen LogP contribution in [0.5, 0.6) is 0 Å². The lowest BCUT2D eigenvalue weighted by Gasteiger charge is -2.40. The van der Waals surface area contributed by atoms with Crippen LogP contribution in [0.1, 0.15) is 58.8 Å². The maximum absolute atomic E-state index is 13.9. The largest absolute Gasteiger partial charge is 0.435 e. The molecule has 1 saturated heterocycles. The first-order chi connectivity index (χ1) is 21.4. The van der Waals surface area contributed by atoms with Gasteiger partial charge in [0, 0.05) is 63.6 Å². The van der Waals surface area contributed by atoms with Gasteiger partial charge in [0.25, 0.3) is 11.8 Å². The lowest BCUT2D eigenvalue weighted by molar-refractivity contribution is -0.141. The van der Waals surface area contributed by atoms with Crippen LogP contribution >= 0.6 is 11.6 Å². The molecular formula is C30H34ClF3N8O3. The van der Waals surface area contributed by atoms with Gasteiger partial charge in [0.1, 0.15) is 0 Å². The fraction of sp³-hybridized carbons (Fsp3) is 0.500. The smallest absolute Gasteiger partial charge is 0.339 e. The van der Waals surface area contributed by atoms with E-state index in [0.29, 0.717) is 51.5 Å². The molecule has 0 atom stereocenters. The Morgan fingerprint density at radius 3 is 2.38 bits per heavy atom. The summed E-state index contributed by atoms with van der Waals surface area (Å²) < 4.78 is 44.2. The van der Waals surface area contributed by atoms with Crippen molar-refractivity contribution in [1.29, 1.82) is 0 Å². The molecule has 6 rings (SSSR count). The van der Waals surface area contributed by atoms with Crippen molar-refractivity contribution in [2.45, 2.75) is 50.9 Å². The number of rotatable bonds is 7. The van der Waals surface area contributed by atoms with Gasteiger partial charge < -0.3 is 25.4 Å². The second kappa shape index (κ2) is 12.1. The van der Waals surface area contributed by atoms with Crippen LogP contribution in [0.4, 0.5) is 18.9 Å². The maximum Gasteiger partial charge on any atom is 0.435 e. The fourth-order valence-corrected chi connectivity index (χ4v) is 6.36. The number of carbonyl (C=O) groups excluding carboxylic acids is 3. The Balaban J connectivity index is 1.11. The molecule has 3 N–H and O–H groups in total. The molecule has 15 heteroatoms. The summed E-state index contributed by atoms with van der Waals surface area (Å²) in [4.78, 5) is 46.4. The van der Waals surface area contributed by atoms with E-state index in [9.17, 15) is 27.6 Å². The third-order valence-corrected chi connectivity index (χ3v) is 9.34. The van der Waals surface area contributed by atoms with E-state index in [2.05, 4.69) is 15.4 Å². The molecule has 2 aromatic heterocycles. The molecule has 0 bridgehead atoms. The van der Waals surface area contributed by atoms with E-state index < -0.39 is 17.8 Å². The van der Waals surface area contributed by atoms with Gasteiger partial charge in [-0.15, -0.1) is 0 Å². The molecule has 3 fully saturated rings. The molecule has 240 valence electrons. The minimum atomic E-state index is -4.68. The van der Waals surface area contributed by atoms with Crippen LogP contribution < -0.4 is 11.1 Å². The highest BCUT2D eigenvalue weighted by Crippen LogP contribution is 2.37. The average Bonchev–Trinajstić information content (AvgIpc) is 3.56. The summed E-state index contributed by atoms with van der Waals surface area (Å²) in [6.07, 6.45) is 2.27. The van der Waals surface area contributed by atoms with E-state index >= 15 is 0 Å². The Morgan fingerprint density at radius 2 is 1.78 bits per heavy atom. The van der Waals surface area contributed by atoms with Crippen LogP contribution in [0.15, 0.2) is 30.6 Å². The third-order valence-electron chi connectivity index (χ3n) is 9.03. The minimum Gasteiger partial charge on any atom is -0.339 e. The Bertz CT molecular complexity index is 1620. The molecule has 0 unspecified atom stereocenters. The van der Waals surface area contributed by atoms with E-state index in [-0.39, 0.29) is 57.1 Å². The fourth-order valence-electron chi connectivity index (χ4n) is 6.10. The van der Waals surface area contributed by atoms with Crippen molar-refractivity contribution in [2.24, 2.45) is 24.6 Å². The van der Waals surface area contributed by atoms with Gasteiger partial charge in [0.2, 0.25) is 5.91 Å². The maximum atomic E-state index is 13.9. The minimum absolute atomic E-state index is 0.0326. The molecule has 0 radical (unpaired) electrons. The number of amides is 3. The van der Waals surface area contributed by atoms with Crippen LogP contribution in [0.25, 0.3) is 11.3 Å². The van der Waals surface area contributed by atoms with E-state index in [1.165, 1.54) is 46.9 Å². The van der Waals surface area contributed by atoms with E-state index in [0.717, 1.165) is 19.3 Å². The molecule has 3 aliphatic rings. The summed E-state index contributed by atoms with van der Waals surface area (Å²) in [5.74, 6) is -0.711. The topological polar surface area (TPSA) is 131 Å². The summed E-state index contributed by atoms with van der Waals surface area (Å²) in [5, 5.41) is 6.59. The van der Waals surface area contributed by atoms with Gasteiger partial charge in [-0.2, -0.15) is 18.3 Å². The quantitative estimate of drug-likeness (QED) is 0.399. The molecular weight excluding hydrogens is 613 g/mol. The van der Waals surface area contributed by atoms with Crippen LogP contribution in [0.2, 0.25) is 5.02 Å². The normalized spacial score (nSPS) is 20.5. The zero-order valence-corrected chi connectivity index (χ0v) is 25.4. The number of imidazole rings is 1. The third kappa shape index (κ3) is 6.30. The van der Waals surface area contributed by atoms with Gasteiger partial charge in [-0.25, -0.2) is 4.98 Å². The lowest BCUT2D eigenvalue weighted by atomic mass is 9.80. The Hall–Kier alpha value is -3.91.